The lowest BCUT2D eigenvalue weighted by atomic mass is 9.86. The standard InChI is InChI=1S/C14H20N4/c1-10-7-8-13-16-14(17-18(13)9-10)15-12-6-4-3-5-11(12)2/h7-9,11-12H,3-6H2,1-2H3,(H,15,17). The van der Waals surface area contributed by atoms with Crippen LogP contribution in [0.5, 0.6) is 0 Å². The van der Waals surface area contributed by atoms with E-state index < -0.39 is 0 Å². The molecule has 2 aromatic rings. The van der Waals surface area contributed by atoms with E-state index in [0.29, 0.717) is 12.0 Å². The van der Waals surface area contributed by atoms with E-state index in [4.69, 9.17) is 0 Å². The number of rotatable bonds is 2. The Bertz CT molecular complexity index is 546. The van der Waals surface area contributed by atoms with Crippen LogP contribution < -0.4 is 5.32 Å². The van der Waals surface area contributed by atoms with Crippen molar-refractivity contribution in [1.29, 1.82) is 0 Å². The molecule has 18 heavy (non-hydrogen) atoms. The van der Waals surface area contributed by atoms with E-state index in [1.807, 2.05) is 16.8 Å². The highest BCUT2D eigenvalue weighted by molar-refractivity contribution is 5.44. The number of fused-ring (bicyclic) bond motifs is 1. The molecule has 96 valence electrons. The Balaban J connectivity index is 1.81. The van der Waals surface area contributed by atoms with Crippen molar-refractivity contribution in [3.05, 3.63) is 23.9 Å². The van der Waals surface area contributed by atoms with E-state index in [2.05, 4.69) is 35.3 Å². The average molecular weight is 244 g/mol. The van der Waals surface area contributed by atoms with Crippen LogP contribution in [0, 0.1) is 12.8 Å². The Hall–Kier alpha value is -1.58. The molecule has 0 bridgehead atoms. The number of aryl methyl sites for hydroxylation is 1. The number of nitrogens with one attached hydrogen (secondary N) is 1. The molecule has 3 rings (SSSR count). The summed E-state index contributed by atoms with van der Waals surface area (Å²) >= 11 is 0. The quantitative estimate of drug-likeness (QED) is 0.883. The van der Waals surface area contributed by atoms with Gasteiger partial charge in [-0.15, -0.1) is 5.10 Å². The van der Waals surface area contributed by atoms with Gasteiger partial charge in [0.05, 0.1) is 0 Å². The van der Waals surface area contributed by atoms with Gasteiger partial charge in [-0.25, -0.2) is 4.52 Å². The van der Waals surface area contributed by atoms with Crippen LogP contribution in [0.15, 0.2) is 18.3 Å². The van der Waals surface area contributed by atoms with Crippen LogP contribution in [0.2, 0.25) is 0 Å². The van der Waals surface area contributed by atoms with Crippen LogP contribution in [-0.4, -0.2) is 20.6 Å². The van der Waals surface area contributed by atoms with Gasteiger partial charge < -0.3 is 5.32 Å². The zero-order valence-electron chi connectivity index (χ0n) is 11.1. The lowest BCUT2D eigenvalue weighted by Crippen LogP contribution is -2.30. The smallest absolute Gasteiger partial charge is 0.243 e. The average Bonchev–Trinajstić information content (AvgIpc) is 2.73. The first kappa shape index (κ1) is 11.5. The van der Waals surface area contributed by atoms with Crippen LogP contribution >= 0.6 is 0 Å². The van der Waals surface area contributed by atoms with Gasteiger partial charge in [0.1, 0.15) is 0 Å². The molecule has 0 amide bonds. The molecule has 1 aliphatic rings. The number of anilines is 1. The summed E-state index contributed by atoms with van der Waals surface area (Å²) in [5, 5.41) is 7.99. The first-order chi connectivity index (χ1) is 8.72. The molecule has 0 aliphatic heterocycles. The van der Waals surface area contributed by atoms with Gasteiger partial charge >= 0.3 is 0 Å². The molecule has 1 fully saturated rings. The molecule has 4 heteroatoms. The minimum Gasteiger partial charge on any atom is -0.350 e. The SMILES string of the molecule is Cc1ccc2nc(NC3CCCCC3C)nn2c1. The maximum Gasteiger partial charge on any atom is 0.243 e. The number of aromatic nitrogens is 3. The van der Waals surface area contributed by atoms with Gasteiger partial charge in [0.2, 0.25) is 5.95 Å². The highest BCUT2D eigenvalue weighted by atomic mass is 15.3. The number of nitrogens with zero attached hydrogens (tertiary/aromatic N) is 3. The summed E-state index contributed by atoms with van der Waals surface area (Å²) in [6, 6.07) is 4.60. The van der Waals surface area contributed by atoms with Gasteiger partial charge in [0.15, 0.2) is 5.65 Å². The van der Waals surface area contributed by atoms with Crippen molar-refractivity contribution in [2.45, 2.75) is 45.6 Å². The second-order valence-corrected chi connectivity index (χ2v) is 5.46. The van der Waals surface area contributed by atoms with Crippen LogP contribution in [0.25, 0.3) is 5.65 Å². The normalized spacial score (nSPS) is 24.3. The lowest BCUT2D eigenvalue weighted by Gasteiger charge is -2.28. The minimum absolute atomic E-state index is 0.525. The van der Waals surface area contributed by atoms with Gasteiger partial charge in [-0.05, 0) is 37.3 Å². The molecule has 0 radical (unpaired) electrons. The van der Waals surface area contributed by atoms with E-state index in [0.717, 1.165) is 11.6 Å². The molecule has 1 aliphatic carbocycles. The summed E-state index contributed by atoms with van der Waals surface area (Å²) < 4.78 is 1.85. The zero-order chi connectivity index (χ0) is 12.5. The molecule has 2 unspecified atom stereocenters. The van der Waals surface area contributed by atoms with Gasteiger partial charge in [0, 0.05) is 12.2 Å². The number of hydrogen-bond acceptors (Lipinski definition) is 3. The summed E-state index contributed by atoms with van der Waals surface area (Å²) in [6.45, 7) is 4.38. The largest absolute Gasteiger partial charge is 0.350 e. The minimum atomic E-state index is 0.525. The lowest BCUT2D eigenvalue weighted by molar-refractivity contribution is 0.348. The Morgan fingerprint density at radius 1 is 1.28 bits per heavy atom. The molecule has 0 aromatic carbocycles. The predicted octanol–water partition coefficient (Wildman–Crippen LogP) is 3.03. The monoisotopic (exact) mass is 244 g/mol. The van der Waals surface area contributed by atoms with Crippen molar-refractivity contribution in [3.63, 3.8) is 0 Å². The maximum absolute atomic E-state index is 4.52. The van der Waals surface area contributed by atoms with Crippen molar-refractivity contribution >= 4 is 11.6 Å². The molecular weight excluding hydrogens is 224 g/mol. The highest BCUT2D eigenvalue weighted by Crippen LogP contribution is 2.26. The third-order valence-electron chi connectivity index (χ3n) is 3.90. The molecule has 2 heterocycles. The molecule has 0 saturated heterocycles. The van der Waals surface area contributed by atoms with Crippen molar-refractivity contribution in [1.82, 2.24) is 14.6 Å². The van der Waals surface area contributed by atoms with Crippen LogP contribution in [0.3, 0.4) is 0 Å². The Morgan fingerprint density at radius 3 is 2.94 bits per heavy atom. The highest BCUT2D eigenvalue weighted by Gasteiger charge is 2.22. The summed E-state index contributed by atoms with van der Waals surface area (Å²) in [4.78, 5) is 4.52. The Morgan fingerprint density at radius 2 is 2.11 bits per heavy atom. The van der Waals surface area contributed by atoms with Crippen LogP contribution in [0.1, 0.15) is 38.2 Å². The first-order valence-electron chi connectivity index (χ1n) is 6.82. The maximum atomic E-state index is 4.52. The topological polar surface area (TPSA) is 42.2 Å². The van der Waals surface area contributed by atoms with E-state index in [-0.39, 0.29) is 0 Å². The molecule has 1 N–H and O–H groups in total. The van der Waals surface area contributed by atoms with E-state index in [1.165, 1.54) is 31.2 Å². The Labute approximate surface area is 107 Å². The molecule has 2 atom stereocenters. The van der Waals surface area contributed by atoms with Crippen LogP contribution in [0.4, 0.5) is 5.95 Å². The third kappa shape index (κ3) is 2.19. The van der Waals surface area contributed by atoms with Crippen molar-refractivity contribution < 1.29 is 0 Å². The fourth-order valence-corrected chi connectivity index (χ4v) is 2.74. The van der Waals surface area contributed by atoms with Gasteiger partial charge in [-0.1, -0.05) is 25.8 Å². The third-order valence-corrected chi connectivity index (χ3v) is 3.90. The summed E-state index contributed by atoms with van der Waals surface area (Å²) in [5.41, 5.74) is 2.11. The number of hydrogen-bond donors (Lipinski definition) is 1. The number of pyridine rings is 1. The molecule has 2 aromatic heterocycles. The Kier molecular flexibility index (Phi) is 2.94. The van der Waals surface area contributed by atoms with Gasteiger partial charge in [0.25, 0.3) is 0 Å². The summed E-state index contributed by atoms with van der Waals surface area (Å²) in [6.07, 6.45) is 7.23. The van der Waals surface area contributed by atoms with Crippen molar-refractivity contribution in [2.24, 2.45) is 5.92 Å². The second kappa shape index (κ2) is 4.59. The summed E-state index contributed by atoms with van der Waals surface area (Å²) in [7, 11) is 0. The van der Waals surface area contributed by atoms with E-state index >= 15 is 0 Å². The van der Waals surface area contributed by atoms with Crippen molar-refractivity contribution in [2.75, 3.05) is 5.32 Å². The summed E-state index contributed by atoms with van der Waals surface area (Å²) in [5.74, 6) is 1.48. The second-order valence-electron chi connectivity index (χ2n) is 5.46. The van der Waals surface area contributed by atoms with Crippen molar-refractivity contribution in [3.8, 4) is 0 Å². The van der Waals surface area contributed by atoms with E-state index in [1.54, 1.807) is 0 Å². The van der Waals surface area contributed by atoms with Gasteiger partial charge in [-0.3, -0.25) is 0 Å². The fraction of sp³-hybridized carbons (Fsp3) is 0.571. The predicted molar refractivity (Wildman–Crippen MR) is 72.8 cm³/mol. The van der Waals surface area contributed by atoms with Crippen LogP contribution in [-0.2, 0) is 0 Å². The molecule has 0 spiro atoms. The van der Waals surface area contributed by atoms with Gasteiger partial charge in [-0.2, -0.15) is 4.98 Å². The zero-order valence-corrected chi connectivity index (χ0v) is 11.1. The fourth-order valence-electron chi connectivity index (χ4n) is 2.74. The van der Waals surface area contributed by atoms with E-state index in [9.17, 15) is 0 Å². The first-order valence-corrected chi connectivity index (χ1v) is 6.82. The molecule has 4 nitrogen and oxygen atoms in total. The molecular formula is C14H20N4. The molecule has 1 saturated carbocycles.